The summed E-state index contributed by atoms with van der Waals surface area (Å²) in [6.07, 6.45) is 0. The van der Waals surface area contributed by atoms with Crippen LogP contribution in [0.5, 0.6) is 0 Å². The van der Waals surface area contributed by atoms with Gasteiger partial charge in [0.1, 0.15) is 0 Å². The number of hydrogen-bond acceptors (Lipinski definition) is 2. The monoisotopic (exact) mass is 271 g/mol. The van der Waals surface area contributed by atoms with E-state index >= 15 is 0 Å². The number of thioether (sulfide) groups is 1. The fourth-order valence-electron chi connectivity index (χ4n) is 0.982. The Kier molecular flexibility index (Phi) is 5.99. The number of benzene rings is 1. The van der Waals surface area contributed by atoms with Gasteiger partial charge in [0.2, 0.25) is 0 Å². The molecular formula is C11H14BrNS. The predicted octanol–water partition coefficient (Wildman–Crippen LogP) is 3.28. The minimum Gasteiger partial charge on any atom is -0.311 e. The van der Waals surface area contributed by atoms with E-state index in [2.05, 4.69) is 52.1 Å². The van der Waals surface area contributed by atoms with Gasteiger partial charge in [-0.3, -0.25) is 0 Å². The third-order valence-corrected chi connectivity index (χ3v) is 2.90. The van der Waals surface area contributed by atoms with E-state index in [4.69, 9.17) is 0 Å². The van der Waals surface area contributed by atoms with E-state index in [1.54, 1.807) is 0 Å². The molecule has 1 aromatic rings. The zero-order valence-electron chi connectivity index (χ0n) is 8.00. The van der Waals surface area contributed by atoms with Crippen LogP contribution in [0.15, 0.2) is 46.3 Å². The molecule has 14 heavy (non-hydrogen) atoms. The van der Waals surface area contributed by atoms with Crippen LogP contribution in [0.25, 0.3) is 0 Å². The Morgan fingerprint density at radius 3 is 2.71 bits per heavy atom. The van der Waals surface area contributed by atoms with Crippen LogP contribution < -0.4 is 5.32 Å². The van der Waals surface area contributed by atoms with Crippen molar-refractivity contribution in [3.63, 3.8) is 0 Å². The highest BCUT2D eigenvalue weighted by Gasteiger charge is 1.92. The molecule has 0 aliphatic carbocycles. The maximum absolute atomic E-state index is 3.76. The van der Waals surface area contributed by atoms with Gasteiger partial charge in [-0.1, -0.05) is 40.7 Å². The molecule has 0 aliphatic rings. The molecule has 1 nitrogen and oxygen atoms in total. The Labute approximate surface area is 98.1 Å². The van der Waals surface area contributed by atoms with Crippen molar-refractivity contribution in [3.05, 3.63) is 41.4 Å². The Morgan fingerprint density at radius 2 is 2.07 bits per heavy atom. The van der Waals surface area contributed by atoms with Crippen molar-refractivity contribution in [2.75, 3.05) is 18.8 Å². The summed E-state index contributed by atoms with van der Waals surface area (Å²) in [6, 6.07) is 10.4. The lowest BCUT2D eigenvalue weighted by atomic mass is 10.4. The first-order chi connectivity index (χ1) is 6.79. The first kappa shape index (κ1) is 11.8. The lowest BCUT2D eigenvalue weighted by Crippen LogP contribution is -2.18. The molecule has 3 heteroatoms. The second-order valence-corrected chi connectivity index (χ2v) is 5.15. The van der Waals surface area contributed by atoms with Crippen LogP contribution in [-0.4, -0.2) is 18.8 Å². The molecule has 0 saturated carbocycles. The minimum absolute atomic E-state index is 0.843. The van der Waals surface area contributed by atoms with E-state index in [-0.39, 0.29) is 0 Å². The van der Waals surface area contributed by atoms with Crippen LogP contribution in [0, 0.1) is 0 Å². The van der Waals surface area contributed by atoms with E-state index in [0.717, 1.165) is 23.3 Å². The lowest BCUT2D eigenvalue weighted by Gasteiger charge is -2.03. The van der Waals surface area contributed by atoms with Crippen molar-refractivity contribution in [1.82, 2.24) is 5.32 Å². The number of nitrogens with one attached hydrogen (secondary N) is 1. The first-order valence-corrected chi connectivity index (χ1v) is 6.29. The van der Waals surface area contributed by atoms with Gasteiger partial charge in [-0.15, -0.1) is 11.8 Å². The Hall–Kier alpha value is -0.250. The zero-order valence-corrected chi connectivity index (χ0v) is 10.4. The molecule has 0 aliphatic heterocycles. The molecule has 0 unspecified atom stereocenters. The van der Waals surface area contributed by atoms with Gasteiger partial charge in [0.05, 0.1) is 0 Å². The summed E-state index contributed by atoms with van der Waals surface area (Å²) >= 11 is 5.17. The molecule has 1 aromatic carbocycles. The van der Waals surface area contributed by atoms with Gasteiger partial charge in [0.15, 0.2) is 0 Å². The van der Waals surface area contributed by atoms with Crippen LogP contribution in [0.3, 0.4) is 0 Å². The molecule has 0 atom stereocenters. The van der Waals surface area contributed by atoms with E-state index in [1.807, 2.05) is 17.8 Å². The Bertz CT molecular complexity index is 274. The molecule has 0 bridgehead atoms. The summed E-state index contributed by atoms with van der Waals surface area (Å²) in [4.78, 5) is 1.33. The number of rotatable bonds is 6. The molecule has 0 fully saturated rings. The SMILES string of the molecule is C=C(Br)CNCCSc1ccccc1. The molecule has 1 N–H and O–H groups in total. The standard InChI is InChI=1S/C11H14BrNS/c1-10(12)9-13-7-8-14-11-5-3-2-4-6-11/h2-6,13H,1,7-9H2. The maximum atomic E-state index is 3.76. The van der Waals surface area contributed by atoms with Crippen molar-refractivity contribution in [1.29, 1.82) is 0 Å². The number of hydrogen-bond donors (Lipinski definition) is 1. The van der Waals surface area contributed by atoms with Crippen molar-refractivity contribution >= 4 is 27.7 Å². The second kappa shape index (κ2) is 7.10. The number of halogens is 1. The second-order valence-electron chi connectivity index (χ2n) is 2.86. The van der Waals surface area contributed by atoms with Gasteiger partial charge in [-0.2, -0.15) is 0 Å². The molecular weight excluding hydrogens is 258 g/mol. The molecule has 1 rings (SSSR count). The van der Waals surface area contributed by atoms with Crippen molar-refractivity contribution in [3.8, 4) is 0 Å². The summed E-state index contributed by atoms with van der Waals surface area (Å²) in [5.41, 5.74) is 0. The van der Waals surface area contributed by atoms with Crippen LogP contribution in [0.1, 0.15) is 0 Å². The molecule has 0 heterocycles. The fraction of sp³-hybridized carbons (Fsp3) is 0.273. The van der Waals surface area contributed by atoms with Gasteiger partial charge in [0, 0.05) is 28.2 Å². The summed E-state index contributed by atoms with van der Waals surface area (Å²) in [5, 5.41) is 3.29. The molecule has 0 radical (unpaired) electrons. The predicted molar refractivity (Wildman–Crippen MR) is 68.1 cm³/mol. The molecule has 0 spiro atoms. The van der Waals surface area contributed by atoms with E-state index in [1.165, 1.54) is 4.90 Å². The van der Waals surface area contributed by atoms with Gasteiger partial charge >= 0.3 is 0 Å². The molecule has 0 amide bonds. The van der Waals surface area contributed by atoms with Crippen molar-refractivity contribution < 1.29 is 0 Å². The van der Waals surface area contributed by atoms with E-state index in [0.29, 0.717) is 0 Å². The van der Waals surface area contributed by atoms with Crippen LogP contribution in [0.2, 0.25) is 0 Å². The van der Waals surface area contributed by atoms with Gasteiger partial charge in [0.25, 0.3) is 0 Å². The van der Waals surface area contributed by atoms with Gasteiger partial charge in [-0.25, -0.2) is 0 Å². The summed E-state index contributed by atoms with van der Waals surface area (Å²) in [7, 11) is 0. The normalized spacial score (nSPS) is 10.1. The highest BCUT2D eigenvalue weighted by Crippen LogP contribution is 2.15. The Balaban J connectivity index is 2.08. The highest BCUT2D eigenvalue weighted by atomic mass is 79.9. The van der Waals surface area contributed by atoms with Gasteiger partial charge in [-0.05, 0) is 12.1 Å². The molecule has 0 saturated heterocycles. The van der Waals surface area contributed by atoms with Crippen LogP contribution in [-0.2, 0) is 0 Å². The van der Waals surface area contributed by atoms with Gasteiger partial charge < -0.3 is 5.32 Å². The summed E-state index contributed by atoms with van der Waals surface area (Å²) in [6.45, 7) is 5.61. The van der Waals surface area contributed by atoms with E-state index in [9.17, 15) is 0 Å². The maximum Gasteiger partial charge on any atom is 0.0266 e. The fourth-order valence-corrected chi connectivity index (χ4v) is 2.01. The van der Waals surface area contributed by atoms with Crippen LogP contribution in [0.4, 0.5) is 0 Å². The Morgan fingerprint density at radius 1 is 1.36 bits per heavy atom. The van der Waals surface area contributed by atoms with Crippen molar-refractivity contribution in [2.45, 2.75) is 4.90 Å². The quantitative estimate of drug-likeness (QED) is 0.630. The highest BCUT2D eigenvalue weighted by molar-refractivity contribution is 9.11. The molecule has 0 aromatic heterocycles. The summed E-state index contributed by atoms with van der Waals surface area (Å²) in [5.74, 6) is 1.09. The largest absolute Gasteiger partial charge is 0.311 e. The first-order valence-electron chi connectivity index (χ1n) is 4.51. The summed E-state index contributed by atoms with van der Waals surface area (Å²) < 4.78 is 1.00. The minimum atomic E-state index is 0.843. The smallest absolute Gasteiger partial charge is 0.0266 e. The van der Waals surface area contributed by atoms with Crippen molar-refractivity contribution in [2.24, 2.45) is 0 Å². The topological polar surface area (TPSA) is 12.0 Å². The average Bonchev–Trinajstić information content (AvgIpc) is 2.18. The average molecular weight is 272 g/mol. The van der Waals surface area contributed by atoms with Crippen LogP contribution >= 0.6 is 27.7 Å². The molecule has 76 valence electrons. The lowest BCUT2D eigenvalue weighted by molar-refractivity contribution is 0.803. The van der Waals surface area contributed by atoms with E-state index < -0.39 is 0 Å². The zero-order chi connectivity index (χ0) is 10.2. The third kappa shape index (κ3) is 5.47. The third-order valence-electron chi connectivity index (χ3n) is 1.61.